The first kappa shape index (κ1) is 19.9. The second-order valence-electron chi connectivity index (χ2n) is 7.19. The Morgan fingerprint density at radius 1 is 0.833 bits per heavy atom. The van der Waals surface area contributed by atoms with Gasteiger partial charge in [0.05, 0.1) is 0 Å². The quantitative estimate of drug-likeness (QED) is 0.421. The Kier molecular flexibility index (Phi) is 5.93. The minimum Gasteiger partial charge on any atom is -0.445 e. The number of alkyl carbamates (subject to hydrolysis) is 1. The van der Waals surface area contributed by atoms with Crippen LogP contribution in [0, 0.1) is 0 Å². The smallest absolute Gasteiger partial charge is 0.407 e. The van der Waals surface area contributed by atoms with Gasteiger partial charge >= 0.3 is 6.09 Å². The molecule has 0 aromatic heterocycles. The molecule has 4 aromatic carbocycles. The van der Waals surface area contributed by atoms with Gasteiger partial charge in [0.15, 0.2) is 0 Å². The Hall–Kier alpha value is -3.41. The molecule has 0 saturated carbocycles. The standard InChI is InChI=1S/C25H23NO4/c27-23(15-26-25(29)30-16-17-8-2-1-3-9-17)24(28)22-14-18-10-4-5-11-19(18)20-12-6-7-13-21(20)22/h1-14,23-24,27-28H,15-16H2,(H,26,29). The van der Waals surface area contributed by atoms with Crippen LogP contribution in [0.3, 0.4) is 0 Å². The zero-order chi connectivity index (χ0) is 20.9. The van der Waals surface area contributed by atoms with Gasteiger partial charge in [-0.3, -0.25) is 0 Å². The van der Waals surface area contributed by atoms with Crippen molar-refractivity contribution in [1.82, 2.24) is 5.32 Å². The SMILES string of the molecule is O=C(NCC(O)C(O)c1cc2ccccc2c2ccccc12)OCc1ccccc1. The number of ether oxygens (including phenoxy) is 1. The van der Waals surface area contributed by atoms with Crippen molar-refractivity contribution in [2.75, 3.05) is 6.54 Å². The van der Waals surface area contributed by atoms with Crippen LogP contribution in [-0.4, -0.2) is 29.0 Å². The fourth-order valence-electron chi connectivity index (χ4n) is 3.61. The third kappa shape index (κ3) is 4.27. The number of benzene rings is 4. The normalized spacial score (nSPS) is 13.1. The molecule has 0 radical (unpaired) electrons. The van der Waals surface area contributed by atoms with E-state index in [1.165, 1.54) is 0 Å². The lowest BCUT2D eigenvalue weighted by atomic mass is 9.92. The van der Waals surface area contributed by atoms with Gasteiger partial charge in [0.2, 0.25) is 0 Å². The summed E-state index contributed by atoms with van der Waals surface area (Å²) in [6.45, 7) is 0.0105. The Bertz CT molecular complexity index is 1160. The number of amides is 1. The fraction of sp³-hybridized carbons (Fsp3) is 0.160. The molecule has 2 atom stereocenters. The summed E-state index contributed by atoms with van der Waals surface area (Å²) in [5.41, 5.74) is 1.49. The highest BCUT2D eigenvalue weighted by molar-refractivity contribution is 6.09. The summed E-state index contributed by atoms with van der Waals surface area (Å²) in [4.78, 5) is 11.9. The maximum Gasteiger partial charge on any atom is 0.407 e. The molecule has 5 heteroatoms. The molecule has 5 nitrogen and oxygen atoms in total. The molecule has 0 saturated heterocycles. The van der Waals surface area contributed by atoms with Crippen molar-refractivity contribution in [3.63, 3.8) is 0 Å². The van der Waals surface area contributed by atoms with Gasteiger partial charge in [0.25, 0.3) is 0 Å². The molecule has 0 aliphatic heterocycles. The van der Waals surface area contributed by atoms with E-state index < -0.39 is 18.3 Å². The van der Waals surface area contributed by atoms with Crippen molar-refractivity contribution in [1.29, 1.82) is 0 Å². The van der Waals surface area contributed by atoms with Gasteiger partial charge in [-0.25, -0.2) is 4.79 Å². The highest BCUT2D eigenvalue weighted by Gasteiger charge is 2.22. The summed E-state index contributed by atoms with van der Waals surface area (Å²) >= 11 is 0. The van der Waals surface area contributed by atoms with E-state index in [-0.39, 0.29) is 13.2 Å². The summed E-state index contributed by atoms with van der Waals surface area (Å²) in [6.07, 6.45) is -2.98. The molecule has 0 aliphatic carbocycles. The number of nitrogens with one attached hydrogen (secondary N) is 1. The Morgan fingerprint density at radius 2 is 1.47 bits per heavy atom. The maximum atomic E-state index is 11.9. The van der Waals surface area contributed by atoms with Crippen LogP contribution < -0.4 is 5.32 Å². The van der Waals surface area contributed by atoms with Crippen LogP contribution >= 0.6 is 0 Å². The van der Waals surface area contributed by atoms with Gasteiger partial charge < -0.3 is 20.3 Å². The minimum atomic E-state index is -1.18. The van der Waals surface area contributed by atoms with Gasteiger partial charge in [-0.2, -0.15) is 0 Å². The molecule has 0 fully saturated rings. The van der Waals surface area contributed by atoms with Crippen molar-refractivity contribution in [2.24, 2.45) is 0 Å². The van der Waals surface area contributed by atoms with Gasteiger partial charge in [0, 0.05) is 6.54 Å². The number of carbonyl (C=O) groups excluding carboxylic acids is 1. The molecule has 4 rings (SSSR count). The summed E-state index contributed by atoms with van der Waals surface area (Å²) in [5.74, 6) is 0. The van der Waals surface area contributed by atoms with Crippen LogP contribution in [-0.2, 0) is 11.3 Å². The molecule has 2 unspecified atom stereocenters. The number of aliphatic hydroxyl groups is 2. The first-order chi connectivity index (χ1) is 14.6. The molecule has 152 valence electrons. The van der Waals surface area contributed by atoms with Crippen molar-refractivity contribution in [3.8, 4) is 0 Å². The second kappa shape index (κ2) is 8.95. The molecule has 1 amide bonds. The highest BCUT2D eigenvalue weighted by Crippen LogP contribution is 2.33. The van der Waals surface area contributed by atoms with Crippen molar-refractivity contribution < 1.29 is 19.7 Å². The molecule has 0 heterocycles. The van der Waals surface area contributed by atoms with E-state index in [1.54, 1.807) is 0 Å². The third-order valence-corrected chi connectivity index (χ3v) is 5.15. The number of fused-ring (bicyclic) bond motifs is 3. The van der Waals surface area contributed by atoms with E-state index in [4.69, 9.17) is 4.74 Å². The molecular formula is C25H23NO4. The van der Waals surface area contributed by atoms with Crippen LogP contribution in [0.1, 0.15) is 17.2 Å². The van der Waals surface area contributed by atoms with Crippen LogP contribution in [0.25, 0.3) is 21.5 Å². The summed E-state index contributed by atoms with van der Waals surface area (Å²) in [5, 5.41) is 27.8. The number of carbonyl (C=O) groups is 1. The van der Waals surface area contributed by atoms with Crippen LogP contribution in [0.15, 0.2) is 84.9 Å². The number of hydrogen-bond acceptors (Lipinski definition) is 4. The topological polar surface area (TPSA) is 78.8 Å². The van der Waals surface area contributed by atoms with Crippen LogP contribution in [0.2, 0.25) is 0 Å². The van der Waals surface area contributed by atoms with Crippen molar-refractivity contribution in [3.05, 3.63) is 96.1 Å². The zero-order valence-electron chi connectivity index (χ0n) is 16.4. The fourth-order valence-corrected chi connectivity index (χ4v) is 3.61. The molecule has 4 aromatic rings. The predicted octanol–water partition coefficient (Wildman–Crippen LogP) is 4.31. The summed E-state index contributed by atoms with van der Waals surface area (Å²) in [6, 6.07) is 26.9. The minimum absolute atomic E-state index is 0.129. The predicted molar refractivity (Wildman–Crippen MR) is 117 cm³/mol. The average molecular weight is 401 g/mol. The lowest BCUT2D eigenvalue weighted by Crippen LogP contribution is -2.35. The number of rotatable bonds is 6. The molecule has 0 aliphatic rings. The lowest BCUT2D eigenvalue weighted by Gasteiger charge is -2.21. The zero-order valence-corrected chi connectivity index (χ0v) is 16.4. The number of hydrogen-bond donors (Lipinski definition) is 3. The molecular weight excluding hydrogens is 378 g/mol. The van der Waals surface area contributed by atoms with Gasteiger partial charge in [0.1, 0.15) is 18.8 Å². The van der Waals surface area contributed by atoms with E-state index in [0.29, 0.717) is 5.56 Å². The lowest BCUT2D eigenvalue weighted by molar-refractivity contribution is 0.0193. The first-order valence-electron chi connectivity index (χ1n) is 9.84. The molecule has 0 spiro atoms. The second-order valence-corrected chi connectivity index (χ2v) is 7.19. The van der Waals surface area contributed by atoms with Crippen LogP contribution in [0.5, 0.6) is 0 Å². The van der Waals surface area contributed by atoms with E-state index >= 15 is 0 Å². The van der Waals surface area contributed by atoms with Gasteiger partial charge in [-0.1, -0.05) is 78.9 Å². The van der Waals surface area contributed by atoms with E-state index in [2.05, 4.69) is 5.32 Å². The summed E-state index contributed by atoms with van der Waals surface area (Å²) < 4.78 is 5.15. The maximum absolute atomic E-state index is 11.9. The van der Waals surface area contributed by atoms with Crippen molar-refractivity contribution in [2.45, 2.75) is 18.8 Å². The third-order valence-electron chi connectivity index (χ3n) is 5.15. The van der Waals surface area contributed by atoms with Crippen molar-refractivity contribution >= 4 is 27.6 Å². The molecule has 30 heavy (non-hydrogen) atoms. The van der Waals surface area contributed by atoms with E-state index in [9.17, 15) is 15.0 Å². The largest absolute Gasteiger partial charge is 0.445 e. The Balaban J connectivity index is 1.46. The van der Waals surface area contributed by atoms with E-state index in [0.717, 1.165) is 27.1 Å². The average Bonchev–Trinajstić information content (AvgIpc) is 2.81. The Morgan fingerprint density at radius 3 is 2.23 bits per heavy atom. The van der Waals surface area contributed by atoms with E-state index in [1.807, 2.05) is 84.9 Å². The summed E-state index contributed by atoms with van der Waals surface area (Å²) in [7, 11) is 0. The molecule has 3 N–H and O–H groups in total. The van der Waals surface area contributed by atoms with Crippen LogP contribution in [0.4, 0.5) is 4.79 Å². The Labute approximate surface area is 174 Å². The molecule has 0 bridgehead atoms. The van der Waals surface area contributed by atoms with Gasteiger partial charge in [-0.05, 0) is 38.7 Å². The first-order valence-corrected chi connectivity index (χ1v) is 9.84. The van der Waals surface area contributed by atoms with Gasteiger partial charge in [-0.15, -0.1) is 0 Å². The monoisotopic (exact) mass is 401 g/mol. The highest BCUT2D eigenvalue weighted by atomic mass is 16.5. The number of aliphatic hydroxyl groups excluding tert-OH is 2.